The Morgan fingerprint density at radius 2 is 1.83 bits per heavy atom. The lowest BCUT2D eigenvalue weighted by Crippen LogP contribution is -2.17. The molecule has 1 saturated heterocycles. The Morgan fingerprint density at radius 1 is 1.10 bits per heavy atom. The fourth-order valence-corrected chi connectivity index (χ4v) is 4.00. The molecule has 0 saturated carbocycles. The maximum atomic E-state index is 12.0. The Morgan fingerprint density at radius 3 is 2.48 bits per heavy atom. The Labute approximate surface area is 180 Å². The van der Waals surface area contributed by atoms with Gasteiger partial charge in [-0.15, -0.1) is 0 Å². The summed E-state index contributed by atoms with van der Waals surface area (Å²) in [6.45, 7) is 5.10. The van der Waals surface area contributed by atoms with E-state index < -0.39 is 0 Å². The van der Waals surface area contributed by atoms with Crippen LogP contribution in [0.1, 0.15) is 23.1 Å². The second-order valence-electron chi connectivity index (χ2n) is 6.60. The largest absolute Gasteiger partial charge is 0.493 e. The number of ether oxygens (including phenoxy) is 3. The highest BCUT2D eigenvalue weighted by atomic mass is 32.2. The van der Waals surface area contributed by atoms with Crippen molar-refractivity contribution in [3.05, 3.63) is 58.0 Å². The number of thioether (sulfide) groups is 1. The SMILES string of the molecule is COc1cccc(/C=C2/SC(=S)NC2=O)c1OCCCOc1cc(C)cc(C)c1. The van der Waals surface area contributed by atoms with Crippen molar-refractivity contribution in [1.82, 2.24) is 5.32 Å². The maximum Gasteiger partial charge on any atom is 0.263 e. The highest BCUT2D eigenvalue weighted by Gasteiger charge is 2.23. The van der Waals surface area contributed by atoms with Crippen LogP contribution in [0, 0.1) is 13.8 Å². The number of nitrogens with one attached hydrogen (secondary N) is 1. The van der Waals surface area contributed by atoms with Crippen LogP contribution in [0.4, 0.5) is 0 Å². The molecule has 0 aromatic heterocycles. The number of carbonyl (C=O) groups is 1. The Balaban J connectivity index is 1.63. The number of methoxy groups -OCH3 is 1. The van der Waals surface area contributed by atoms with E-state index >= 15 is 0 Å². The summed E-state index contributed by atoms with van der Waals surface area (Å²) in [7, 11) is 1.59. The molecule has 0 aliphatic carbocycles. The molecule has 0 unspecified atom stereocenters. The number of rotatable bonds is 8. The van der Waals surface area contributed by atoms with Crippen molar-refractivity contribution in [3.8, 4) is 17.2 Å². The van der Waals surface area contributed by atoms with Gasteiger partial charge in [-0.2, -0.15) is 0 Å². The molecule has 5 nitrogen and oxygen atoms in total. The zero-order valence-electron chi connectivity index (χ0n) is 16.6. The lowest BCUT2D eigenvalue weighted by atomic mass is 10.1. The molecular weight excluding hydrogens is 406 g/mol. The van der Waals surface area contributed by atoms with Crippen molar-refractivity contribution in [2.24, 2.45) is 0 Å². The topological polar surface area (TPSA) is 56.8 Å². The molecule has 2 aromatic rings. The van der Waals surface area contributed by atoms with E-state index in [9.17, 15) is 4.79 Å². The van der Waals surface area contributed by atoms with Crippen LogP contribution < -0.4 is 19.5 Å². The van der Waals surface area contributed by atoms with Gasteiger partial charge in [0.1, 0.15) is 10.1 Å². The standard InChI is InChI=1S/C22H23NO4S2/c1-14-10-15(2)12-17(11-14)26-8-5-9-27-20-16(6-4-7-18(20)25-3)13-19-21(24)23-22(28)29-19/h4,6-7,10-13H,5,8-9H2,1-3H3,(H,23,24,28)/b19-13+. The number of amides is 1. The van der Waals surface area contributed by atoms with Gasteiger partial charge in [0.2, 0.25) is 0 Å². The van der Waals surface area contributed by atoms with Crippen LogP contribution in [0.15, 0.2) is 41.3 Å². The Bertz CT molecular complexity index is 936. The van der Waals surface area contributed by atoms with Gasteiger partial charge in [-0.1, -0.05) is 42.2 Å². The van der Waals surface area contributed by atoms with E-state index in [-0.39, 0.29) is 5.91 Å². The third-order valence-electron chi connectivity index (χ3n) is 4.16. The molecule has 0 spiro atoms. The molecule has 1 N–H and O–H groups in total. The average Bonchev–Trinajstić information content (AvgIpc) is 2.98. The molecule has 29 heavy (non-hydrogen) atoms. The third-order valence-corrected chi connectivity index (χ3v) is 5.32. The summed E-state index contributed by atoms with van der Waals surface area (Å²) in [5, 5.41) is 2.62. The van der Waals surface area contributed by atoms with Crippen molar-refractivity contribution >= 4 is 40.3 Å². The number of aryl methyl sites for hydroxylation is 2. The zero-order valence-corrected chi connectivity index (χ0v) is 18.2. The van der Waals surface area contributed by atoms with E-state index in [0.717, 1.165) is 11.3 Å². The number of benzene rings is 2. The zero-order chi connectivity index (χ0) is 20.8. The fraction of sp³-hybridized carbons (Fsp3) is 0.273. The van der Waals surface area contributed by atoms with Crippen molar-refractivity contribution in [1.29, 1.82) is 0 Å². The summed E-state index contributed by atoms with van der Waals surface area (Å²) < 4.78 is 17.7. The van der Waals surface area contributed by atoms with E-state index in [2.05, 4.69) is 25.2 Å². The van der Waals surface area contributed by atoms with Gasteiger partial charge in [0.05, 0.1) is 25.2 Å². The molecule has 0 bridgehead atoms. The smallest absolute Gasteiger partial charge is 0.263 e. The van der Waals surface area contributed by atoms with Gasteiger partial charge in [-0.05, 0) is 49.2 Å². The van der Waals surface area contributed by atoms with Crippen molar-refractivity contribution < 1.29 is 19.0 Å². The van der Waals surface area contributed by atoms with Gasteiger partial charge in [0.15, 0.2) is 11.5 Å². The molecule has 0 atom stereocenters. The maximum absolute atomic E-state index is 12.0. The molecule has 152 valence electrons. The summed E-state index contributed by atoms with van der Waals surface area (Å²) in [5.41, 5.74) is 3.12. The van der Waals surface area contributed by atoms with Gasteiger partial charge < -0.3 is 19.5 Å². The number of carbonyl (C=O) groups excluding carboxylic acids is 1. The predicted octanol–water partition coefficient (Wildman–Crippen LogP) is 4.65. The normalized spacial score (nSPS) is 14.8. The van der Waals surface area contributed by atoms with Crippen LogP contribution in [0.5, 0.6) is 17.2 Å². The summed E-state index contributed by atoms with van der Waals surface area (Å²) in [5.74, 6) is 1.88. The fourth-order valence-electron chi connectivity index (χ4n) is 2.96. The summed E-state index contributed by atoms with van der Waals surface area (Å²) in [4.78, 5) is 12.5. The summed E-state index contributed by atoms with van der Waals surface area (Å²) >= 11 is 6.28. The lowest BCUT2D eigenvalue weighted by molar-refractivity contribution is -0.115. The first kappa shape index (κ1) is 21.2. The van der Waals surface area contributed by atoms with E-state index in [1.54, 1.807) is 13.2 Å². The second kappa shape index (κ2) is 9.80. The monoisotopic (exact) mass is 429 g/mol. The van der Waals surface area contributed by atoms with Crippen molar-refractivity contribution in [2.75, 3.05) is 20.3 Å². The quantitative estimate of drug-likeness (QED) is 0.375. The highest BCUT2D eigenvalue weighted by molar-refractivity contribution is 8.26. The molecule has 7 heteroatoms. The minimum absolute atomic E-state index is 0.199. The summed E-state index contributed by atoms with van der Waals surface area (Å²) in [6.07, 6.45) is 2.48. The second-order valence-corrected chi connectivity index (χ2v) is 8.32. The average molecular weight is 430 g/mol. The van der Waals surface area contributed by atoms with Gasteiger partial charge in [-0.25, -0.2) is 0 Å². The minimum atomic E-state index is -0.199. The molecule has 1 amide bonds. The van der Waals surface area contributed by atoms with Gasteiger partial charge >= 0.3 is 0 Å². The molecule has 3 rings (SSSR count). The molecule has 1 fully saturated rings. The Kier molecular flexibility index (Phi) is 7.17. The molecule has 2 aromatic carbocycles. The van der Waals surface area contributed by atoms with Crippen molar-refractivity contribution in [3.63, 3.8) is 0 Å². The number of hydrogen-bond donors (Lipinski definition) is 1. The van der Waals surface area contributed by atoms with E-state index in [0.29, 0.717) is 40.4 Å². The third kappa shape index (κ3) is 5.74. The first-order valence-electron chi connectivity index (χ1n) is 9.22. The molecule has 1 heterocycles. The summed E-state index contributed by atoms with van der Waals surface area (Å²) in [6, 6.07) is 11.7. The number of hydrogen-bond acceptors (Lipinski definition) is 6. The first-order chi connectivity index (χ1) is 14.0. The number of para-hydroxylation sites is 1. The minimum Gasteiger partial charge on any atom is -0.493 e. The molecule has 1 aliphatic heterocycles. The highest BCUT2D eigenvalue weighted by Crippen LogP contribution is 2.35. The Hall–Kier alpha value is -2.51. The van der Waals surface area contributed by atoms with E-state index in [1.165, 1.54) is 22.9 Å². The van der Waals surface area contributed by atoms with Crippen LogP contribution >= 0.6 is 24.0 Å². The van der Waals surface area contributed by atoms with Gasteiger partial charge in [0, 0.05) is 12.0 Å². The van der Waals surface area contributed by atoms with Crippen LogP contribution in [0.3, 0.4) is 0 Å². The molecular formula is C22H23NO4S2. The van der Waals surface area contributed by atoms with Crippen LogP contribution in [0.2, 0.25) is 0 Å². The number of thiocarbonyl (C=S) groups is 1. The predicted molar refractivity (Wildman–Crippen MR) is 121 cm³/mol. The molecule has 0 radical (unpaired) electrons. The van der Waals surface area contributed by atoms with Gasteiger partial charge in [-0.3, -0.25) is 4.79 Å². The molecule has 1 aliphatic rings. The lowest BCUT2D eigenvalue weighted by Gasteiger charge is -2.14. The van der Waals surface area contributed by atoms with Crippen molar-refractivity contribution in [2.45, 2.75) is 20.3 Å². The first-order valence-corrected chi connectivity index (χ1v) is 10.4. The van der Waals surface area contributed by atoms with Crippen LogP contribution in [-0.4, -0.2) is 30.6 Å². The van der Waals surface area contributed by atoms with Gasteiger partial charge in [0.25, 0.3) is 5.91 Å². The van der Waals surface area contributed by atoms with E-state index in [4.69, 9.17) is 26.4 Å². The van der Waals surface area contributed by atoms with Crippen LogP contribution in [0.25, 0.3) is 6.08 Å². The van der Waals surface area contributed by atoms with E-state index in [1.807, 2.05) is 30.3 Å². The van der Waals surface area contributed by atoms with Crippen LogP contribution in [-0.2, 0) is 4.79 Å².